The number of H-pyrrole nitrogens is 2. The normalized spacial score (nSPS) is 11.9. The van der Waals surface area contributed by atoms with Gasteiger partial charge in [-0.15, -0.1) is 0 Å². The standard InChI is InChI=1S/C23H30N6O7/c1-22(2,29-21(34)35-10-14-6-4-3-5-7-14)19(33)36-13-23(11-30,12-31)9-8-15-25-16-17(26-15)27-20(24)28-18(16)32/h3-7,30-31H,8-13H2,1-2H3,(H,29,34)(H4,24,25,26,27,28,32). The number of nitrogens with zero attached hydrogens (tertiary/aromatic N) is 2. The number of nitrogens with one attached hydrogen (secondary N) is 3. The number of ether oxygens (including phenoxy) is 2. The Morgan fingerprint density at radius 3 is 2.44 bits per heavy atom. The predicted molar refractivity (Wildman–Crippen MR) is 129 cm³/mol. The summed E-state index contributed by atoms with van der Waals surface area (Å²) in [6.07, 6.45) is -0.430. The molecule has 0 spiro atoms. The number of aromatic amines is 2. The molecule has 0 aliphatic rings. The maximum atomic E-state index is 12.7. The maximum Gasteiger partial charge on any atom is 0.408 e. The molecule has 2 heterocycles. The lowest BCUT2D eigenvalue weighted by molar-refractivity contribution is -0.156. The third-order valence-electron chi connectivity index (χ3n) is 5.64. The lowest BCUT2D eigenvalue weighted by Crippen LogP contribution is -2.51. The summed E-state index contributed by atoms with van der Waals surface area (Å²) in [6, 6.07) is 9.06. The molecule has 0 saturated carbocycles. The molecule has 0 bridgehead atoms. The first-order valence-electron chi connectivity index (χ1n) is 11.2. The van der Waals surface area contributed by atoms with Gasteiger partial charge in [0.1, 0.15) is 24.6 Å². The van der Waals surface area contributed by atoms with E-state index in [1.165, 1.54) is 13.8 Å². The van der Waals surface area contributed by atoms with E-state index in [1.54, 1.807) is 12.1 Å². The minimum Gasteiger partial charge on any atom is -0.463 e. The van der Waals surface area contributed by atoms with Crippen LogP contribution in [0.25, 0.3) is 11.2 Å². The Kier molecular flexibility index (Phi) is 8.27. The van der Waals surface area contributed by atoms with Gasteiger partial charge in [0.15, 0.2) is 11.2 Å². The molecule has 0 fully saturated rings. The van der Waals surface area contributed by atoms with E-state index >= 15 is 0 Å². The van der Waals surface area contributed by atoms with Crippen molar-refractivity contribution in [1.29, 1.82) is 0 Å². The number of aromatic nitrogens is 4. The van der Waals surface area contributed by atoms with E-state index in [0.29, 0.717) is 5.82 Å². The molecule has 0 radical (unpaired) electrons. The number of nitrogens with two attached hydrogens (primary N) is 1. The molecule has 13 nitrogen and oxygen atoms in total. The second-order valence-electron chi connectivity index (χ2n) is 9.04. The maximum absolute atomic E-state index is 12.7. The molecule has 3 aromatic rings. The number of hydrogen-bond donors (Lipinski definition) is 6. The van der Waals surface area contributed by atoms with Crippen molar-refractivity contribution in [1.82, 2.24) is 25.3 Å². The summed E-state index contributed by atoms with van der Waals surface area (Å²) < 4.78 is 10.5. The Labute approximate surface area is 206 Å². The number of rotatable bonds is 11. The molecule has 7 N–H and O–H groups in total. The number of amides is 1. The fraction of sp³-hybridized carbons (Fsp3) is 0.435. The number of aliphatic hydroxyl groups excluding tert-OH is 2. The van der Waals surface area contributed by atoms with Crippen molar-refractivity contribution >= 4 is 29.2 Å². The van der Waals surface area contributed by atoms with E-state index in [2.05, 4.69) is 25.3 Å². The molecular formula is C23H30N6O7. The van der Waals surface area contributed by atoms with E-state index in [-0.39, 0.29) is 43.2 Å². The number of benzene rings is 1. The number of esters is 1. The number of carbonyl (C=O) groups excluding carboxylic acids is 2. The van der Waals surface area contributed by atoms with Crippen molar-refractivity contribution in [2.24, 2.45) is 5.41 Å². The van der Waals surface area contributed by atoms with Crippen LogP contribution in [-0.4, -0.2) is 67.6 Å². The lowest BCUT2D eigenvalue weighted by atomic mass is 9.85. The van der Waals surface area contributed by atoms with Gasteiger partial charge in [-0.1, -0.05) is 30.3 Å². The van der Waals surface area contributed by atoms with Crippen molar-refractivity contribution in [3.05, 3.63) is 52.1 Å². The lowest BCUT2D eigenvalue weighted by Gasteiger charge is -2.31. The van der Waals surface area contributed by atoms with E-state index in [9.17, 15) is 24.6 Å². The van der Waals surface area contributed by atoms with Crippen molar-refractivity contribution in [2.75, 3.05) is 25.6 Å². The molecule has 2 aromatic heterocycles. The quantitative estimate of drug-likeness (QED) is 0.199. The minimum absolute atomic E-state index is 0.0334. The highest BCUT2D eigenvalue weighted by Gasteiger charge is 2.36. The smallest absolute Gasteiger partial charge is 0.408 e. The van der Waals surface area contributed by atoms with Crippen LogP contribution in [0.4, 0.5) is 10.7 Å². The molecule has 0 saturated heterocycles. The number of imidazole rings is 1. The summed E-state index contributed by atoms with van der Waals surface area (Å²) in [5.74, 6) is -0.465. The van der Waals surface area contributed by atoms with Gasteiger partial charge in [0, 0.05) is 6.42 Å². The molecule has 0 atom stereocenters. The summed E-state index contributed by atoms with van der Waals surface area (Å²) in [6.45, 7) is 1.62. The molecule has 194 valence electrons. The van der Waals surface area contributed by atoms with Crippen LogP contribution in [0.5, 0.6) is 0 Å². The first-order valence-corrected chi connectivity index (χ1v) is 11.2. The van der Waals surface area contributed by atoms with E-state index in [4.69, 9.17) is 15.2 Å². The highest BCUT2D eigenvalue weighted by atomic mass is 16.6. The van der Waals surface area contributed by atoms with Crippen molar-refractivity contribution in [3.63, 3.8) is 0 Å². The van der Waals surface area contributed by atoms with Gasteiger partial charge in [-0.3, -0.25) is 9.78 Å². The molecule has 36 heavy (non-hydrogen) atoms. The molecule has 1 amide bonds. The van der Waals surface area contributed by atoms with Crippen LogP contribution in [-0.2, 0) is 27.3 Å². The molecule has 3 rings (SSSR count). The van der Waals surface area contributed by atoms with Gasteiger partial charge in [-0.05, 0) is 25.8 Å². The molecule has 0 aliphatic carbocycles. The Morgan fingerprint density at radius 2 is 1.78 bits per heavy atom. The fourth-order valence-electron chi connectivity index (χ4n) is 3.31. The molecule has 0 unspecified atom stereocenters. The van der Waals surface area contributed by atoms with Crippen molar-refractivity contribution in [3.8, 4) is 0 Å². The molecule has 13 heteroatoms. The second kappa shape index (κ2) is 11.2. The first-order chi connectivity index (χ1) is 17.1. The highest BCUT2D eigenvalue weighted by Crippen LogP contribution is 2.25. The Hall–Kier alpha value is -3.97. The zero-order valence-corrected chi connectivity index (χ0v) is 20.0. The number of fused-ring (bicyclic) bond motifs is 1. The summed E-state index contributed by atoms with van der Waals surface area (Å²) in [5, 5.41) is 22.4. The second-order valence-corrected chi connectivity index (χ2v) is 9.04. The van der Waals surface area contributed by atoms with Crippen LogP contribution in [0.2, 0.25) is 0 Å². The number of aryl methyl sites for hydroxylation is 1. The van der Waals surface area contributed by atoms with Crippen molar-refractivity contribution < 1.29 is 29.3 Å². The largest absolute Gasteiger partial charge is 0.463 e. The van der Waals surface area contributed by atoms with E-state index < -0.39 is 41.8 Å². The fourth-order valence-corrected chi connectivity index (χ4v) is 3.31. The van der Waals surface area contributed by atoms with Crippen LogP contribution in [0.1, 0.15) is 31.7 Å². The number of aliphatic hydroxyl groups is 2. The zero-order chi connectivity index (χ0) is 26.3. The molecular weight excluding hydrogens is 472 g/mol. The van der Waals surface area contributed by atoms with Gasteiger partial charge >= 0.3 is 12.1 Å². The zero-order valence-electron chi connectivity index (χ0n) is 20.0. The average molecular weight is 503 g/mol. The van der Waals surface area contributed by atoms with Gasteiger partial charge < -0.3 is 35.7 Å². The highest BCUT2D eigenvalue weighted by molar-refractivity contribution is 5.84. The Bertz CT molecular complexity index is 1250. The number of alkyl carbamates (subject to hydrolysis) is 1. The van der Waals surface area contributed by atoms with Gasteiger partial charge in [0.05, 0.1) is 18.6 Å². The number of anilines is 1. The van der Waals surface area contributed by atoms with Gasteiger partial charge in [-0.2, -0.15) is 4.98 Å². The summed E-state index contributed by atoms with van der Waals surface area (Å²) in [4.78, 5) is 50.2. The monoisotopic (exact) mass is 502 g/mol. The van der Waals surface area contributed by atoms with Crippen molar-refractivity contribution in [2.45, 2.75) is 38.8 Å². The molecule has 1 aromatic carbocycles. The van der Waals surface area contributed by atoms with Crippen LogP contribution in [0, 0.1) is 5.41 Å². The third-order valence-corrected chi connectivity index (χ3v) is 5.64. The number of hydrogen-bond acceptors (Lipinski definition) is 10. The van der Waals surface area contributed by atoms with Crippen LogP contribution in [0.15, 0.2) is 35.1 Å². The Morgan fingerprint density at radius 1 is 1.08 bits per heavy atom. The SMILES string of the molecule is CC(C)(NC(=O)OCc1ccccc1)C(=O)OCC(CO)(CO)CCc1nc2nc(N)[nH]c(=O)c2[nH]1. The van der Waals surface area contributed by atoms with Crippen LogP contribution in [0.3, 0.4) is 0 Å². The minimum atomic E-state index is -1.43. The summed E-state index contributed by atoms with van der Waals surface area (Å²) in [5.41, 5.74) is 3.50. The average Bonchev–Trinajstić information content (AvgIpc) is 3.27. The van der Waals surface area contributed by atoms with Crippen LogP contribution < -0.4 is 16.6 Å². The van der Waals surface area contributed by atoms with Crippen LogP contribution >= 0.6 is 0 Å². The predicted octanol–water partition coefficient (Wildman–Crippen LogP) is 0.380. The van der Waals surface area contributed by atoms with Gasteiger partial charge in [0.25, 0.3) is 5.56 Å². The van der Waals surface area contributed by atoms with Gasteiger partial charge in [0.2, 0.25) is 5.95 Å². The number of nitrogen functional groups attached to an aromatic ring is 1. The first kappa shape index (κ1) is 26.6. The van der Waals surface area contributed by atoms with E-state index in [0.717, 1.165) is 5.56 Å². The molecule has 0 aliphatic heterocycles. The number of carbonyl (C=O) groups is 2. The third kappa shape index (κ3) is 6.58. The topological polar surface area (TPSA) is 206 Å². The van der Waals surface area contributed by atoms with Gasteiger partial charge in [-0.25, -0.2) is 14.6 Å². The van der Waals surface area contributed by atoms with E-state index in [1.807, 2.05) is 18.2 Å². The summed E-state index contributed by atoms with van der Waals surface area (Å²) in [7, 11) is 0. The Balaban J connectivity index is 1.56. The summed E-state index contributed by atoms with van der Waals surface area (Å²) >= 11 is 0.